The molecule has 1 heterocycles. The molecule has 1 fully saturated rings. The fraction of sp³-hybridized carbons (Fsp3) is 0.727. The highest BCUT2D eigenvalue weighted by molar-refractivity contribution is 5.02. The minimum atomic E-state index is 0.624. The molecular weight excluding hydrogens is 174 g/mol. The summed E-state index contributed by atoms with van der Waals surface area (Å²) < 4.78 is 1.88. The normalized spacial score (nSPS) is 19.3. The van der Waals surface area contributed by atoms with Crippen molar-refractivity contribution < 1.29 is 0 Å². The Morgan fingerprint density at radius 3 is 2.86 bits per heavy atom. The maximum atomic E-state index is 4.42. The van der Waals surface area contributed by atoms with Gasteiger partial charge in [0.1, 0.15) is 0 Å². The molecular formula is C11H19N3. The van der Waals surface area contributed by atoms with Gasteiger partial charge in [-0.3, -0.25) is 4.68 Å². The molecule has 0 saturated heterocycles. The summed E-state index contributed by atoms with van der Waals surface area (Å²) in [7, 11) is 4.03. The molecule has 1 aromatic rings. The number of aryl methyl sites for hydroxylation is 1. The van der Waals surface area contributed by atoms with Crippen LogP contribution < -0.4 is 5.32 Å². The average molecular weight is 193 g/mol. The van der Waals surface area contributed by atoms with Crippen molar-refractivity contribution in [2.24, 2.45) is 13.0 Å². The van der Waals surface area contributed by atoms with Gasteiger partial charge >= 0.3 is 0 Å². The number of aromatic nitrogens is 2. The molecule has 1 aliphatic carbocycles. The first-order chi connectivity index (χ1) is 6.79. The lowest BCUT2D eigenvalue weighted by Gasteiger charge is -2.33. The highest BCUT2D eigenvalue weighted by Crippen LogP contribution is 2.30. The van der Waals surface area contributed by atoms with Crippen LogP contribution in [0.1, 0.15) is 25.0 Å². The molecule has 0 aliphatic heterocycles. The van der Waals surface area contributed by atoms with E-state index in [9.17, 15) is 0 Å². The zero-order valence-electron chi connectivity index (χ0n) is 9.03. The van der Waals surface area contributed by atoms with E-state index in [1.165, 1.54) is 25.0 Å². The lowest BCUT2D eigenvalue weighted by molar-refractivity contribution is 0.234. The molecule has 3 heteroatoms. The summed E-state index contributed by atoms with van der Waals surface area (Å²) in [6, 6.07) is 2.74. The van der Waals surface area contributed by atoms with Crippen molar-refractivity contribution >= 4 is 0 Å². The third kappa shape index (κ3) is 1.98. The molecule has 0 radical (unpaired) electrons. The van der Waals surface area contributed by atoms with Crippen LogP contribution in [0, 0.1) is 5.92 Å². The summed E-state index contributed by atoms with van der Waals surface area (Å²) in [5.74, 6) is 0.877. The highest BCUT2D eigenvalue weighted by atomic mass is 15.2. The molecule has 1 N–H and O–H groups in total. The van der Waals surface area contributed by atoms with Gasteiger partial charge in [0.15, 0.2) is 0 Å². The van der Waals surface area contributed by atoms with E-state index in [0.717, 1.165) is 12.3 Å². The number of hydrogen-bond acceptors (Lipinski definition) is 2. The molecule has 0 bridgehead atoms. The molecule has 78 valence electrons. The second-order valence-electron chi connectivity index (χ2n) is 4.27. The van der Waals surface area contributed by atoms with Gasteiger partial charge in [-0.2, -0.15) is 5.10 Å². The SMILES string of the molecule is CNC(Cc1ccn(C)n1)C1CCC1. The summed E-state index contributed by atoms with van der Waals surface area (Å²) in [4.78, 5) is 0. The second-order valence-corrected chi connectivity index (χ2v) is 4.27. The van der Waals surface area contributed by atoms with Crippen LogP contribution in [0.2, 0.25) is 0 Å². The van der Waals surface area contributed by atoms with Crippen LogP contribution in [0.4, 0.5) is 0 Å². The van der Waals surface area contributed by atoms with Crippen LogP contribution >= 0.6 is 0 Å². The summed E-state index contributed by atoms with van der Waals surface area (Å²) in [6.45, 7) is 0. The molecule has 1 saturated carbocycles. The van der Waals surface area contributed by atoms with E-state index in [-0.39, 0.29) is 0 Å². The van der Waals surface area contributed by atoms with Crippen molar-refractivity contribution in [3.05, 3.63) is 18.0 Å². The standard InChI is InChI=1S/C11H19N3/c1-12-11(9-4-3-5-9)8-10-6-7-14(2)13-10/h6-7,9,11-12H,3-5,8H2,1-2H3. The van der Waals surface area contributed by atoms with Crippen LogP contribution in [0.5, 0.6) is 0 Å². The maximum Gasteiger partial charge on any atom is 0.0640 e. The molecule has 2 rings (SSSR count). The second kappa shape index (κ2) is 4.13. The average Bonchev–Trinajstić information content (AvgIpc) is 2.47. The van der Waals surface area contributed by atoms with E-state index in [1.807, 2.05) is 17.9 Å². The van der Waals surface area contributed by atoms with E-state index >= 15 is 0 Å². The molecule has 3 nitrogen and oxygen atoms in total. The lowest BCUT2D eigenvalue weighted by Crippen LogP contribution is -2.39. The molecule has 1 aromatic heterocycles. The molecule has 0 spiro atoms. The summed E-state index contributed by atoms with van der Waals surface area (Å²) in [5.41, 5.74) is 1.21. The van der Waals surface area contributed by atoms with Crippen LogP contribution in [-0.2, 0) is 13.5 Å². The third-order valence-electron chi connectivity index (χ3n) is 3.29. The molecule has 14 heavy (non-hydrogen) atoms. The first kappa shape index (κ1) is 9.71. The maximum absolute atomic E-state index is 4.42. The summed E-state index contributed by atoms with van der Waals surface area (Å²) in [6.07, 6.45) is 7.27. The smallest absolute Gasteiger partial charge is 0.0640 e. The Bertz CT molecular complexity index is 288. The van der Waals surface area contributed by atoms with Crippen LogP contribution in [0.25, 0.3) is 0 Å². The van der Waals surface area contributed by atoms with E-state index in [4.69, 9.17) is 0 Å². The van der Waals surface area contributed by atoms with Gasteiger partial charge in [-0.25, -0.2) is 0 Å². The topological polar surface area (TPSA) is 29.9 Å². The van der Waals surface area contributed by atoms with E-state index in [1.54, 1.807) is 0 Å². The van der Waals surface area contributed by atoms with Gasteiger partial charge in [-0.1, -0.05) is 6.42 Å². The Morgan fingerprint density at radius 2 is 2.43 bits per heavy atom. The minimum Gasteiger partial charge on any atom is -0.316 e. The van der Waals surface area contributed by atoms with Crippen LogP contribution in [-0.4, -0.2) is 22.9 Å². The van der Waals surface area contributed by atoms with E-state index in [2.05, 4.69) is 23.5 Å². The van der Waals surface area contributed by atoms with Crippen molar-refractivity contribution in [3.63, 3.8) is 0 Å². The lowest BCUT2D eigenvalue weighted by atomic mass is 9.78. The number of likely N-dealkylation sites (N-methyl/N-ethyl adjacent to an activating group) is 1. The first-order valence-electron chi connectivity index (χ1n) is 5.45. The Hall–Kier alpha value is -0.830. The molecule has 0 amide bonds. The van der Waals surface area contributed by atoms with Crippen molar-refractivity contribution in [2.75, 3.05) is 7.05 Å². The first-order valence-corrected chi connectivity index (χ1v) is 5.45. The Balaban J connectivity index is 1.93. The third-order valence-corrected chi connectivity index (χ3v) is 3.29. The summed E-state index contributed by atoms with van der Waals surface area (Å²) >= 11 is 0. The fourth-order valence-corrected chi connectivity index (χ4v) is 2.14. The van der Waals surface area contributed by atoms with Crippen molar-refractivity contribution in [1.29, 1.82) is 0 Å². The van der Waals surface area contributed by atoms with E-state index in [0.29, 0.717) is 6.04 Å². The summed E-state index contributed by atoms with van der Waals surface area (Å²) in [5, 5.41) is 7.83. The molecule has 1 unspecified atom stereocenters. The van der Waals surface area contributed by atoms with Crippen LogP contribution in [0.3, 0.4) is 0 Å². The minimum absolute atomic E-state index is 0.624. The van der Waals surface area contributed by atoms with Crippen molar-refractivity contribution in [2.45, 2.75) is 31.7 Å². The van der Waals surface area contributed by atoms with Gasteiger partial charge < -0.3 is 5.32 Å². The molecule has 1 aliphatic rings. The number of rotatable bonds is 4. The predicted molar refractivity (Wildman–Crippen MR) is 57.1 cm³/mol. The predicted octanol–water partition coefficient (Wildman–Crippen LogP) is 1.35. The van der Waals surface area contributed by atoms with Gasteiger partial charge in [0.05, 0.1) is 5.69 Å². The van der Waals surface area contributed by atoms with E-state index < -0.39 is 0 Å². The Labute approximate surface area is 85.5 Å². The van der Waals surface area contributed by atoms with Crippen molar-refractivity contribution in [3.8, 4) is 0 Å². The highest BCUT2D eigenvalue weighted by Gasteiger charge is 2.26. The number of hydrogen-bond donors (Lipinski definition) is 1. The van der Waals surface area contributed by atoms with Gasteiger partial charge in [0.2, 0.25) is 0 Å². The zero-order chi connectivity index (χ0) is 9.97. The van der Waals surface area contributed by atoms with Gasteiger partial charge in [-0.15, -0.1) is 0 Å². The van der Waals surface area contributed by atoms with Crippen LogP contribution in [0.15, 0.2) is 12.3 Å². The number of nitrogens with zero attached hydrogens (tertiary/aromatic N) is 2. The van der Waals surface area contributed by atoms with Crippen molar-refractivity contribution in [1.82, 2.24) is 15.1 Å². The van der Waals surface area contributed by atoms with Gasteiger partial charge in [-0.05, 0) is 31.9 Å². The zero-order valence-corrected chi connectivity index (χ0v) is 9.03. The van der Waals surface area contributed by atoms with Gasteiger partial charge in [0, 0.05) is 25.7 Å². The Kier molecular flexibility index (Phi) is 2.87. The fourth-order valence-electron chi connectivity index (χ4n) is 2.14. The Morgan fingerprint density at radius 1 is 1.64 bits per heavy atom. The molecule has 0 aromatic carbocycles. The number of nitrogens with one attached hydrogen (secondary N) is 1. The molecule has 1 atom stereocenters. The monoisotopic (exact) mass is 193 g/mol. The van der Waals surface area contributed by atoms with Gasteiger partial charge in [0.25, 0.3) is 0 Å². The quantitative estimate of drug-likeness (QED) is 0.782. The largest absolute Gasteiger partial charge is 0.316 e.